The minimum absolute atomic E-state index is 0.230. The van der Waals surface area contributed by atoms with E-state index in [0.717, 1.165) is 16.9 Å². The summed E-state index contributed by atoms with van der Waals surface area (Å²) in [5.41, 5.74) is 1.87. The van der Waals surface area contributed by atoms with Gasteiger partial charge in [-0.3, -0.25) is 0 Å². The number of benzene rings is 1. The molecule has 2 aromatic rings. The van der Waals surface area contributed by atoms with E-state index < -0.39 is 11.8 Å². The first-order valence-corrected chi connectivity index (χ1v) is 8.53. The molecule has 0 aliphatic heterocycles. The summed E-state index contributed by atoms with van der Waals surface area (Å²) in [5.74, 6) is -0.938. The number of carbonyl (C=O) groups is 1. The number of esters is 1. The van der Waals surface area contributed by atoms with Gasteiger partial charge in [-0.25, -0.2) is 9.18 Å². The van der Waals surface area contributed by atoms with Crippen LogP contribution in [0.4, 0.5) is 15.1 Å². The fourth-order valence-corrected chi connectivity index (χ4v) is 3.01. The van der Waals surface area contributed by atoms with E-state index in [1.165, 1.54) is 6.07 Å². The van der Waals surface area contributed by atoms with Crippen LogP contribution < -0.4 is 5.32 Å². The van der Waals surface area contributed by atoms with Crippen molar-refractivity contribution in [2.75, 3.05) is 11.9 Å². The Bertz CT molecular complexity index is 763. The summed E-state index contributed by atoms with van der Waals surface area (Å²) in [6.07, 6.45) is 0. The first kappa shape index (κ1) is 19.7. The highest BCUT2D eigenvalue weighted by atomic mass is 32.1. The van der Waals surface area contributed by atoms with Gasteiger partial charge in [-0.1, -0.05) is 19.9 Å². The summed E-state index contributed by atoms with van der Waals surface area (Å²) in [4.78, 5) is 12.5. The second-order valence-electron chi connectivity index (χ2n) is 4.70. The molecular weight excluding hydrogens is 327 g/mol. The maximum absolute atomic E-state index is 14.0. The fourth-order valence-electron chi connectivity index (χ4n) is 2.00. The molecule has 1 N–H and O–H groups in total. The molecule has 0 aliphatic rings. The van der Waals surface area contributed by atoms with E-state index >= 15 is 0 Å². The molecule has 0 aliphatic carbocycles. The van der Waals surface area contributed by atoms with Crippen molar-refractivity contribution in [2.45, 2.75) is 34.6 Å². The maximum atomic E-state index is 14.0. The number of ether oxygens (including phenoxy) is 1. The second-order valence-corrected chi connectivity index (χ2v) is 5.72. The van der Waals surface area contributed by atoms with E-state index in [0.29, 0.717) is 15.4 Å². The lowest BCUT2D eigenvalue weighted by molar-refractivity contribution is 0.0527. The van der Waals surface area contributed by atoms with Gasteiger partial charge in [0.15, 0.2) is 0 Å². The lowest BCUT2D eigenvalue weighted by Gasteiger charge is -2.09. The van der Waals surface area contributed by atoms with Gasteiger partial charge in [-0.2, -0.15) is 5.26 Å². The highest BCUT2D eigenvalue weighted by Gasteiger charge is 2.23. The van der Waals surface area contributed by atoms with Crippen molar-refractivity contribution < 1.29 is 13.9 Å². The SMILES string of the molecule is CC.CCOC(=O)c1c(Nc2ccc(C)cc2F)sc(C#N)c1C. The fraction of sp³-hybridized carbons (Fsp3) is 0.333. The van der Waals surface area contributed by atoms with Crippen LogP contribution in [0.3, 0.4) is 0 Å². The monoisotopic (exact) mass is 348 g/mol. The maximum Gasteiger partial charge on any atom is 0.341 e. The van der Waals surface area contributed by atoms with Gasteiger partial charge in [-0.15, -0.1) is 11.3 Å². The standard InChI is InChI=1S/C16H15FN2O2S.C2H6/c1-4-21-16(20)14-10(3)13(8-18)22-15(14)19-12-6-5-9(2)7-11(12)17;1-2/h5-7,19H,4H2,1-3H3;1-2H3. The predicted molar refractivity (Wildman–Crippen MR) is 95.5 cm³/mol. The number of hydrogen-bond acceptors (Lipinski definition) is 5. The van der Waals surface area contributed by atoms with Gasteiger partial charge in [0.1, 0.15) is 21.8 Å². The van der Waals surface area contributed by atoms with Crippen molar-refractivity contribution >= 4 is 28.0 Å². The van der Waals surface area contributed by atoms with Gasteiger partial charge in [0.05, 0.1) is 17.9 Å². The van der Waals surface area contributed by atoms with Crippen molar-refractivity contribution in [2.24, 2.45) is 0 Å². The van der Waals surface area contributed by atoms with Crippen LogP contribution in [0, 0.1) is 31.0 Å². The molecule has 0 saturated carbocycles. The summed E-state index contributed by atoms with van der Waals surface area (Å²) in [5, 5.41) is 12.4. The third-order valence-electron chi connectivity index (χ3n) is 3.10. The van der Waals surface area contributed by atoms with Crippen LogP contribution in [0.2, 0.25) is 0 Å². The molecule has 4 nitrogen and oxygen atoms in total. The number of nitrogens with zero attached hydrogens (tertiary/aromatic N) is 1. The highest BCUT2D eigenvalue weighted by molar-refractivity contribution is 7.17. The normalized spacial score (nSPS) is 9.54. The number of hydrogen-bond donors (Lipinski definition) is 1. The van der Waals surface area contributed by atoms with Crippen molar-refractivity contribution in [1.82, 2.24) is 0 Å². The molecule has 1 aromatic heterocycles. The minimum atomic E-state index is -0.521. The van der Waals surface area contributed by atoms with E-state index in [1.807, 2.05) is 19.9 Å². The Balaban J connectivity index is 0.00000139. The lowest BCUT2D eigenvalue weighted by Crippen LogP contribution is -2.08. The summed E-state index contributed by atoms with van der Waals surface area (Å²) in [7, 11) is 0. The van der Waals surface area contributed by atoms with Crippen molar-refractivity contribution in [3.63, 3.8) is 0 Å². The molecule has 24 heavy (non-hydrogen) atoms. The van der Waals surface area contributed by atoms with Crippen LogP contribution in [0.5, 0.6) is 0 Å². The van der Waals surface area contributed by atoms with Gasteiger partial charge >= 0.3 is 5.97 Å². The third-order valence-corrected chi connectivity index (χ3v) is 4.21. The molecule has 0 fully saturated rings. The Morgan fingerprint density at radius 3 is 2.58 bits per heavy atom. The average Bonchev–Trinajstić information content (AvgIpc) is 2.88. The lowest BCUT2D eigenvalue weighted by atomic mass is 10.1. The number of carbonyl (C=O) groups excluding carboxylic acids is 1. The molecular formula is C18H21FN2O2S. The van der Waals surface area contributed by atoms with Crippen LogP contribution in [-0.2, 0) is 4.74 Å². The van der Waals surface area contributed by atoms with Crippen molar-refractivity contribution in [1.29, 1.82) is 5.26 Å². The topological polar surface area (TPSA) is 62.1 Å². The van der Waals surface area contributed by atoms with Crippen molar-refractivity contribution in [3.8, 4) is 6.07 Å². The van der Waals surface area contributed by atoms with Crippen LogP contribution in [0.25, 0.3) is 0 Å². The molecule has 1 aromatic carbocycles. The zero-order valence-corrected chi connectivity index (χ0v) is 15.3. The quantitative estimate of drug-likeness (QED) is 0.759. The molecule has 6 heteroatoms. The Morgan fingerprint density at radius 2 is 2.04 bits per heavy atom. The second kappa shape index (κ2) is 9.04. The number of nitriles is 1. The zero-order chi connectivity index (χ0) is 18.3. The number of thiophene rings is 1. The molecule has 2 rings (SSSR count). The molecule has 0 bridgehead atoms. The van der Waals surface area contributed by atoms with E-state index in [4.69, 9.17) is 10.00 Å². The Kier molecular flexibility index (Phi) is 7.40. The van der Waals surface area contributed by atoms with Crippen LogP contribution >= 0.6 is 11.3 Å². The van der Waals surface area contributed by atoms with E-state index in [1.54, 1.807) is 32.9 Å². The molecule has 0 amide bonds. The molecule has 0 spiro atoms. The van der Waals surface area contributed by atoms with E-state index in [2.05, 4.69) is 5.32 Å². The molecule has 0 atom stereocenters. The predicted octanol–water partition coefficient (Wildman–Crippen LogP) is 5.32. The summed E-state index contributed by atoms with van der Waals surface area (Å²) >= 11 is 1.11. The molecule has 128 valence electrons. The third kappa shape index (κ3) is 4.33. The highest BCUT2D eigenvalue weighted by Crippen LogP contribution is 2.35. The van der Waals surface area contributed by atoms with Gasteiger partial charge < -0.3 is 10.1 Å². The van der Waals surface area contributed by atoms with Gasteiger partial charge in [0, 0.05) is 0 Å². The summed E-state index contributed by atoms with van der Waals surface area (Å²) in [6.45, 7) is 9.41. The minimum Gasteiger partial charge on any atom is -0.462 e. The molecule has 1 heterocycles. The van der Waals surface area contributed by atoms with Crippen LogP contribution in [0.15, 0.2) is 18.2 Å². The van der Waals surface area contributed by atoms with Crippen LogP contribution in [-0.4, -0.2) is 12.6 Å². The Hall–Kier alpha value is -2.39. The van der Waals surface area contributed by atoms with Crippen LogP contribution in [0.1, 0.15) is 47.1 Å². The van der Waals surface area contributed by atoms with E-state index in [-0.39, 0.29) is 17.9 Å². The van der Waals surface area contributed by atoms with Gasteiger partial charge in [0.25, 0.3) is 0 Å². The van der Waals surface area contributed by atoms with Crippen molar-refractivity contribution in [3.05, 3.63) is 45.6 Å². The number of rotatable bonds is 4. The first-order valence-electron chi connectivity index (χ1n) is 7.71. The number of halogens is 1. The molecule has 0 radical (unpaired) electrons. The number of anilines is 2. The Morgan fingerprint density at radius 1 is 1.38 bits per heavy atom. The average molecular weight is 348 g/mol. The molecule has 0 saturated heterocycles. The van der Waals surface area contributed by atoms with E-state index in [9.17, 15) is 9.18 Å². The smallest absolute Gasteiger partial charge is 0.341 e. The summed E-state index contributed by atoms with van der Waals surface area (Å²) < 4.78 is 19.0. The van der Waals surface area contributed by atoms with Gasteiger partial charge in [0.2, 0.25) is 0 Å². The number of nitrogens with one attached hydrogen (secondary N) is 1. The zero-order valence-electron chi connectivity index (χ0n) is 14.5. The largest absolute Gasteiger partial charge is 0.462 e. The van der Waals surface area contributed by atoms with Gasteiger partial charge in [-0.05, 0) is 44.0 Å². The molecule has 0 unspecified atom stereocenters. The number of aryl methyl sites for hydroxylation is 1. The first-order chi connectivity index (χ1) is 11.5. The Labute approximate surface area is 145 Å². The summed E-state index contributed by atoms with van der Waals surface area (Å²) in [6, 6.07) is 6.80.